The van der Waals surface area contributed by atoms with Crippen molar-refractivity contribution in [2.45, 2.75) is 24.5 Å². The molecule has 1 saturated heterocycles. The molecule has 0 saturated carbocycles. The fraction of sp³-hybridized carbons (Fsp3) is 0.455. The van der Waals surface area contributed by atoms with Crippen LogP contribution in [0.15, 0.2) is 22.0 Å². The maximum atomic E-state index is 12.0. The summed E-state index contributed by atoms with van der Waals surface area (Å²) >= 11 is 0. The Balaban J connectivity index is 2.09. The van der Waals surface area contributed by atoms with Gasteiger partial charge in [-0.2, -0.15) is 4.98 Å². The Morgan fingerprint density at radius 3 is 2.76 bits per heavy atom. The highest BCUT2D eigenvalue weighted by atomic mass is 16.6. The summed E-state index contributed by atoms with van der Waals surface area (Å²) in [6.45, 7) is -0.501. The van der Waals surface area contributed by atoms with Crippen molar-refractivity contribution in [1.82, 2.24) is 19.5 Å². The second kappa shape index (κ2) is 5.00. The van der Waals surface area contributed by atoms with Gasteiger partial charge < -0.3 is 20.1 Å². The molecule has 3 rings (SSSR count). The van der Waals surface area contributed by atoms with E-state index in [1.807, 2.05) is 0 Å². The molecular weight excluding hydrogens is 284 g/mol. The van der Waals surface area contributed by atoms with E-state index in [4.69, 9.17) is 9.84 Å². The summed E-state index contributed by atoms with van der Waals surface area (Å²) in [6.07, 6.45) is -2.38. The van der Waals surface area contributed by atoms with E-state index in [1.165, 1.54) is 12.4 Å². The Morgan fingerprint density at radius 1 is 1.33 bits per heavy atom. The van der Waals surface area contributed by atoms with Gasteiger partial charge >= 0.3 is 11.4 Å². The zero-order valence-electron chi connectivity index (χ0n) is 10.6. The number of hydrogen-bond donors (Lipinski definition) is 4. The van der Waals surface area contributed by atoms with Crippen molar-refractivity contribution < 1.29 is 20.1 Å². The molecule has 0 aliphatic carbocycles. The van der Waals surface area contributed by atoms with Crippen molar-refractivity contribution in [3.05, 3.63) is 33.4 Å². The van der Waals surface area contributed by atoms with Crippen LogP contribution in [-0.4, -0.2) is 59.8 Å². The SMILES string of the molecule is O=c1ncc2cn(C3OC(CO)C(O)C3O)c(=O)nc2[nH]1. The Hall–Kier alpha value is -2.14. The predicted octanol–water partition coefficient (Wildman–Crippen LogP) is -2.91. The van der Waals surface area contributed by atoms with Crippen LogP contribution < -0.4 is 11.4 Å². The number of aromatic nitrogens is 4. The normalized spacial score (nSPS) is 29.1. The fourth-order valence-corrected chi connectivity index (χ4v) is 2.23. The van der Waals surface area contributed by atoms with Gasteiger partial charge in [0.05, 0.1) is 12.0 Å². The highest BCUT2D eigenvalue weighted by Crippen LogP contribution is 2.28. The average Bonchev–Trinajstić information content (AvgIpc) is 2.74. The highest BCUT2D eigenvalue weighted by Gasteiger charge is 2.43. The van der Waals surface area contributed by atoms with Gasteiger partial charge in [-0.1, -0.05) is 0 Å². The number of rotatable bonds is 2. The van der Waals surface area contributed by atoms with Gasteiger partial charge in [0.15, 0.2) is 6.23 Å². The van der Waals surface area contributed by atoms with Gasteiger partial charge in [0, 0.05) is 12.4 Å². The monoisotopic (exact) mass is 296 g/mol. The number of aliphatic hydroxyl groups excluding tert-OH is 3. The molecule has 0 aromatic carbocycles. The molecule has 0 amide bonds. The van der Waals surface area contributed by atoms with E-state index in [1.54, 1.807) is 0 Å². The number of hydrogen-bond acceptors (Lipinski definition) is 8. The topological polar surface area (TPSA) is 151 Å². The molecule has 1 aliphatic heterocycles. The van der Waals surface area contributed by atoms with Gasteiger partial charge in [-0.05, 0) is 0 Å². The Labute approximate surface area is 116 Å². The first-order valence-electron chi connectivity index (χ1n) is 6.12. The summed E-state index contributed by atoms with van der Waals surface area (Å²) in [4.78, 5) is 32.5. The van der Waals surface area contributed by atoms with Crippen LogP contribution in [0.2, 0.25) is 0 Å². The van der Waals surface area contributed by atoms with Crippen molar-refractivity contribution >= 4 is 11.0 Å². The molecule has 0 radical (unpaired) electrons. The third-order valence-electron chi connectivity index (χ3n) is 3.32. The van der Waals surface area contributed by atoms with Crippen molar-refractivity contribution in [2.24, 2.45) is 0 Å². The van der Waals surface area contributed by atoms with Gasteiger partial charge in [0.25, 0.3) is 0 Å². The first-order valence-corrected chi connectivity index (χ1v) is 6.12. The minimum atomic E-state index is -1.39. The smallest absolute Gasteiger partial charge is 0.351 e. The summed E-state index contributed by atoms with van der Waals surface area (Å²) in [5, 5.41) is 29.0. The average molecular weight is 296 g/mol. The maximum Gasteiger partial charge on any atom is 0.351 e. The predicted molar refractivity (Wildman–Crippen MR) is 67.4 cm³/mol. The van der Waals surface area contributed by atoms with Crippen LogP contribution in [-0.2, 0) is 4.74 Å². The quantitative estimate of drug-likeness (QED) is 0.460. The lowest BCUT2D eigenvalue weighted by molar-refractivity contribution is -0.0547. The fourth-order valence-electron chi connectivity index (χ4n) is 2.23. The molecule has 4 atom stereocenters. The zero-order chi connectivity index (χ0) is 15.1. The van der Waals surface area contributed by atoms with Crippen LogP contribution in [0.3, 0.4) is 0 Å². The molecule has 2 aromatic rings. The molecule has 10 heteroatoms. The zero-order valence-corrected chi connectivity index (χ0v) is 10.6. The minimum absolute atomic E-state index is 0.0583. The Morgan fingerprint density at radius 2 is 2.10 bits per heavy atom. The summed E-state index contributed by atoms with van der Waals surface area (Å²) in [6, 6.07) is 0. The van der Waals surface area contributed by atoms with Crippen molar-refractivity contribution in [2.75, 3.05) is 6.61 Å². The van der Waals surface area contributed by atoms with Crippen LogP contribution >= 0.6 is 0 Å². The van der Waals surface area contributed by atoms with Crippen molar-refractivity contribution in [3.63, 3.8) is 0 Å². The van der Waals surface area contributed by atoms with E-state index < -0.39 is 42.5 Å². The van der Waals surface area contributed by atoms with Gasteiger partial charge in [-0.3, -0.25) is 9.55 Å². The van der Waals surface area contributed by atoms with Gasteiger partial charge in [-0.25, -0.2) is 14.6 Å². The molecule has 0 spiro atoms. The van der Waals surface area contributed by atoms with Gasteiger partial charge in [0.2, 0.25) is 0 Å². The molecular formula is C11H12N4O6. The molecule has 21 heavy (non-hydrogen) atoms. The third kappa shape index (κ3) is 2.23. The molecule has 3 heterocycles. The number of nitrogens with zero attached hydrogens (tertiary/aromatic N) is 3. The molecule has 1 aliphatic rings. The summed E-state index contributed by atoms with van der Waals surface area (Å²) in [5.74, 6) is 0. The Bertz CT molecular complexity index is 786. The standard InChI is InChI=1S/C11H12N4O6/c16-3-5-6(17)7(18)9(21-5)15-2-4-1-12-10(19)13-8(4)14-11(15)20/h1-2,5-7,9,16-18H,3H2,(H,13,14,19,20). The molecule has 4 unspecified atom stereocenters. The van der Waals surface area contributed by atoms with Crippen molar-refractivity contribution in [1.29, 1.82) is 0 Å². The van der Waals surface area contributed by atoms with E-state index in [-0.39, 0.29) is 5.65 Å². The molecule has 2 aromatic heterocycles. The van der Waals surface area contributed by atoms with Gasteiger partial charge in [-0.15, -0.1) is 0 Å². The van der Waals surface area contributed by atoms with E-state index in [9.17, 15) is 19.8 Å². The third-order valence-corrected chi connectivity index (χ3v) is 3.32. The number of aromatic amines is 1. The molecule has 0 bridgehead atoms. The molecule has 10 nitrogen and oxygen atoms in total. The maximum absolute atomic E-state index is 12.0. The first kappa shape index (κ1) is 13.8. The van der Waals surface area contributed by atoms with Crippen molar-refractivity contribution in [3.8, 4) is 0 Å². The summed E-state index contributed by atoms with van der Waals surface area (Å²) in [7, 11) is 0. The lowest BCUT2D eigenvalue weighted by Crippen LogP contribution is -2.36. The summed E-state index contributed by atoms with van der Waals surface area (Å²) in [5.41, 5.74) is -1.36. The number of fused-ring (bicyclic) bond motifs is 1. The lowest BCUT2D eigenvalue weighted by atomic mass is 10.1. The molecule has 4 N–H and O–H groups in total. The van der Waals surface area contributed by atoms with Crippen LogP contribution in [0.5, 0.6) is 0 Å². The van der Waals surface area contributed by atoms with E-state index in [0.29, 0.717) is 5.39 Å². The number of H-pyrrole nitrogens is 1. The Kier molecular flexibility index (Phi) is 3.29. The van der Waals surface area contributed by atoms with E-state index in [0.717, 1.165) is 4.57 Å². The second-order valence-corrected chi connectivity index (χ2v) is 4.65. The van der Waals surface area contributed by atoms with E-state index in [2.05, 4.69) is 15.0 Å². The van der Waals surface area contributed by atoms with Crippen LogP contribution in [0.4, 0.5) is 0 Å². The number of nitrogens with one attached hydrogen (secondary N) is 1. The second-order valence-electron chi connectivity index (χ2n) is 4.65. The largest absolute Gasteiger partial charge is 0.394 e. The minimum Gasteiger partial charge on any atom is -0.394 e. The summed E-state index contributed by atoms with van der Waals surface area (Å²) < 4.78 is 6.23. The highest BCUT2D eigenvalue weighted by molar-refractivity contribution is 5.71. The van der Waals surface area contributed by atoms with Crippen LogP contribution in [0.25, 0.3) is 11.0 Å². The van der Waals surface area contributed by atoms with Gasteiger partial charge in [0.1, 0.15) is 24.0 Å². The molecule has 1 fully saturated rings. The van der Waals surface area contributed by atoms with Crippen LogP contribution in [0.1, 0.15) is 6.23 Å². The van der Waals surface area contributed by atoms with E-state index >= 15 is 0 Å². The number of aliphatic hydroxyl groups is 3. The molecule has 112 valence electrons. The lowest BCUT2D eigenvalue weighted by Gasteiger charge is -2.17. The first-order chi connectivity index (χ1) is 10.0. The number of ether oxygens (including phenoxy) is 1. The van der Waals surface area contributed by atoms with Crippen LogP contribution in [0, 0.1) is 0 Å².